The second-order valence-electron chi connectivity index (χ2n) is 5.37. The number of anilines is 2. The molecule has 0 spiro atoms. The Hall–Kier alpha value is -1.88. The van der Waals surface area contributed by atoms with E-state index < -0.39 is 16.2 Å². The lowest BCUT2D eigenvalue weighted by molar-refractivity contribution is -0.0852. The lowest BCUT2D eigenvalue weighted by atomic mass is 10.3. The smallest absolute Gasteiger partial charge is 0.319 e. The van der Waals surface area contributed by atoms with E-state index in [0.29, 0.717) is 37.7 Å². The van der Waals surface area contributed by atoms with E-state index in [0.717, 1.165) is 4.31 Å². The van der Waals surface area contributed by atoms with Gasteiger partial charge in [0.2, 0.25) is 0 Å². The molecule has 1 aliphatic heterocycles. The van der Waals surface area contributed by atoms with Crippen LogP contribution in [0.2, 0.25) is 0 Å². The molecule has 134 valence electrons. The highest BCUT2D eigenvalue weighted by Gasteiger charge is 2.16. The van der Waals surface area contributed by atoms with Crippen molar-refractivity contribution >= 4 is 27.6 Å². The van der Waals surface area contributed by atoms with Gasteiger partial charge in [-0.3, -0.25) is 4.72 Å². The van der Waals surface area contributed by atoms with Crippen molar-refractivity contribution in [2.24, 2.45) is 0 Å². The van der Waals surface area contributed by atoms with Gasteiger partial charge in [-0.05, 0) is 18.2 Å². The Morgan fingerprint density at radius 1 is 1.29 bits per heavy atom. The number of nitrogens with one attached hydrogen (secondary N) is 3. The Kier molecular flexibility index (Phi) is 6.37. The first kappa shape index (κ1) is 18.5. The molecular formula is C14H22N4O5S. The SMILES string of the molecule is CN(C)S(=O)(=O)Nc1cccc(NC(=O)NC[C@H]2COCCO2)c1. The first-order valence-corrected chi connectivity index (χ1v) is 8.85. The molecule has 1 aromatic carbocycles. The minimum Gasteiger partial charge on any atom is -0.376 e. The molecule has 2 amide bonds. The second kappa shape index (κ2) is 8.29. The number of rotatable bonds is 6. The molecule has 0 aliphatic carbocycles. The van der Waals surface area contributed by atoms with Crippen LogP contribution < -0.4 is 15.4 Å². The fraction of sp³-hybridized carbons (Fsp3) is 0.500. The molecule has 1 saturated heterocycles. The molecule has 0 saturated carbocycles. The third-order valence-electron chi connectivity index (χ3n) is 3.22. The van der Waals surface area contributed by atoms with Crippen LogP contribution in [-0.4, -0.2) is 65.3 Å². The van der Waals surface area contributed by atoms with Gasteiger partial charge in [-0.2, -0.15) is 12.7 Å². The number of carbonyl (C=O) groups excluding carboxylic acids is 1. The molecule has 0 bridgehead atoms. The van der Waals surface area contributed by atoms with E-state index in [4.69, 9.17) is 9.47 Å². The monoisotopic (exact) mass is 358 g/mol. The summed E-state index contributed by atoms with van der Waals surface area (Å²) in [4.78, 5) is 11.9. The van der Waals surface area contributed by atoms with E-state index in [1.54, 1.807) is 18.2 Å². The van der Waals surface area contributed by atoms with Crippen LogP contribution in [0.3, 0.4) is 0 Å². The molecule has 1 atom stereocenters. The third-order valence-corrected chi connectivity index (χ3v) is 4.68. The van der Waals surface area contributed by atoms with Crippen LogP contribution >= 0.6 is 0 Å². The van der Waals surface area contributed by atoms with Crippen LogP contribution in [0, 0.1) is 0 Å². The Balaban J connectivity index is 1.88. The summed E-state index contributed by atoms with van der Waals surface area (Å²) >= 11 is 0. The zero-order chi connectivity index (χ0) is 17.6. The lowest BCUT2D eigenvalue weighted by Gasteiger charge is -2.23. The van der Waals surface area contributed by atoms with Gasteiger partial charge in [-0.1, -0.05) is 6.07 Å². The molecule has 0 aromatic heterocycles. The average Bonchev–Trinajstić information content (AvgIpc) is 2.54. The van der Waals surface area contributed by atoms with E-state index in [-0.39, 0.29) is 6.10 Å². The van der Waals surface area contributed by atoms with Gasteiger partial charge in [0, 0.05) is 26.3 Å². The van der Waals surface area contributed by atoms with Gasteiger partial charge in [0.25, 0.3) is 0 Å². The first-order chi connectivity index (χ1) is 11.4. The minimum absolute atomic E-state index is 0.164. The third kappa shape index (κ3) is 5.64. The summed E-state index contributed by atoms with van der Waals surface area (Å²) in [5, 5.41) is 5.33. The highest BCUT2D eigenvalue weighted by Crippen LogP contribution is 2.16. The quantitative estimate of drug-likeness (QED) is 0.684. The summed E-state index contributed by atoms with van der Waals surface area (Å²) in [6.07, 6.45) is -0.164. The van der Waals surface area contributed by atoms with E-state index in [1.165, 1.54) is 20.2 Å². The molecule has 3 N–H and O–H groups in total. The molecule has 1 heterocycles. The van der Waals surface area contributed by atoms with Crippen molar-refractivity contribution < 1.29 is 22.7 Å². The van der Waals surface area contributed by atoms with Gasteiger partial charge in [0.15, 0.2) is 0 Å². The highest BCUT2D eigenvalue weighted by molar-refractivity contribution is 7.90. The van der Waals surface area contributed by atoms with Gasteiger partial charge in [-0.15, -0.1) is 0 Å². The normalized spacial score (nSPS) is 18.2. The van der Waals surface area contributed by atoms with Gasteiger partial charge in [0.1, 0.15) is 0 Å². The summed E-state index contributed by atoms with van der Waals surface area (Å²) in [5.74, 6) is 0. The van der Waals surface area contributed by atoms with Crippen molar-refractivity contribution in [1.29, 1.82) is 0 Å². The molecule has 2 rings (SSSR count). The number of ether oxygens (including phenoxy) is 2. The number of nitrogens with zero attached hydrogens (tertiary/aromatic N) is 1. The Bertz CT molecular complexity index is 659. The minimum atomic E-state index is -3.60. The highest BCUT2D eigenvalue weighted by atomic mass is 32.2. The first-order valence-electron chi connectivity index (χ1n) is 7.41. The summed E-state index contributed by atoms with van der Waals surface area (Å²) in [6.45, 7) is 1.86. The van der Waals surface area contributed by atoms with E-state index >= 15 is 0 Å². The number of amides is 2. The maximum Gasteiger partial charge on any atom is 0.319 e. The van der Waals surface area contributed by atoms with Crippen molar-refractivity contribution in [2.75, 3.05) is 50.5 Å². The summed E-state index contributed by atoms with van der Waals surface area (Å²) in [6, 6.07) is 6.02. The largest absolute Gasteiger partial charge is 0.376 e. The summed E-state index contributed by atoms with van der Waals surface area (Å²) in [5.41, 5.74) is 0.817. The van der Waals surface area contributed by atoms with Crippen LogP contribution in [0.25, 0.3) is 0 Å². The van der Waals surface area contributed by atoms with Gasteiger partial charge < -0.3 is 20.1 Å². The van der Waals surface area contributed by atoms with Crippen molar-refractivity contribution in [3.8, 4) is 0 Å². The van der Waals surface area contributed by atoms with Crippen LogP contribution in [0.5, 0.6) is 0 Å². The Labute approximate surface area is 141 Å². The molecule has 10 heteroatoms. The fourth-order valence-electron chi connectivity index (χ4n) is 1.94. The molecule has 1 aromatic rings. The van der Waals surface area contributed by atoms with E-state index in [1.807, 2.05) is 0 Å². The van der Waals surface area contributed by atoms with E-state index in [9.17, 15) is 13.2 Å². The molecule has 24 heavy (non-hydrogen) atoms. The lowest BCUT2D eigenvalue weighted by Crippen LogP contribution is -2.41. The topological polar surface area (TPSA) is 109 Å². The average molecular weight is 358 g/mol. The van der Waals surface area contributed by atoms with E-state index in [2.05, 4.69) is 15.4 Å². The van der Waals surface area contributed by atoms with Crippen molar-refractivity contribution in [3.05, 3.63) is 24.3 Å². The van der Waals surface area contributed by atoms with Gasteiger partial charge in [0.05, 0.1) is 31.6 Å². The molecule has 9 nitrogen and oxygen atoms in total. The zero-order valence-corrected chi connectivity index (χ0v) is 14.4. The predicted molar refractivity (Wildman–Crippen MR) is 90.3 cm³/mol. The Morgan fingerprint density at radius 3 is 2.71 bits per heavy atom. The maximum atomic E-state index is 11.9. The zero-order valence-electron chi connectivity index (χ0n) is 13.6. The van der Waals surface area contributed by atoms with Gasteiger partial charge in [-0.25, -0.2) is 4.79 Å². The fourth-order valence-corrected chi connectivity index (χ4v) is 2.54. The van der Waals surface area contributed by atoms with Crippen molar-refractivity contribution in [2.45, 2.75) is 6.10 Å². The Morgan fingerprint density at radius 2 is 2.04 bits per heavy atom. The number of benzene rings is 1. The van der Waals surface area contributed by atoms with Crippen LogP contribution in [0.15, 0.2) is 24.3 Å². The maximum absolute atomic E-state index is 11.9. The summed E-state index contributed by atoms with van der Waals surface area (Å²) < 4.78 is 37.7. The van der Waals surface area contributed by atoms with Crippen molar-refractivity contribution in [1.82, 2.24) is 9.62 Å². The second-order valence-corrected chi connectivity index (χ2v) is 7.26. The van der Waals surface area contributed by atoms with Crippen LogP contribution in [-0.2, 0) is 19.7 Å². The standard InChI is InChI=1S/C14H22N4O5S/c1-18(2)24(20,21)17-12-5-3-4-11(8-12)16-14(19)15-9-13-10-22-6-7-23-13/h3-5,8,13,17H,6-7,9-10H2,1-2H3,(H2,15,16,19)/t13-/m0/s1. The number of carbonyl (C=O) groups is 1. The molecular weight excluding hydrogens is 336 g/mol. The molecule has 1 fully saturated rings. The van der Waals surface area contributed by atoms with Gasteiger partial charge >= 0.3 is 16.2 Å². The molecule has 0 radical (unpaired) electrons. The predicted octanol–water partition coefficient (Wildman–Crippen LogP) is 0.442. The van der Waals surface area contributed by atoms with Crippen LogP contribution in [0.1, 0.15) is 0 Å². The molecule has 1 aliphatic rings. The van der Waals surface area contributed by atoms with Crippen molar-refractivity contribution in [3.63, 3.8) is 0 Å². The number of hydrogen-bond donors (Lipinski definition) is 3. The van der Waals surface area contributed by atoms with Crippen LogP contribution in [0.4, 0.5) is 16.2 Å². The number of urea groups is 1. The molecule has 0 unspecified atom stereocenters. The summed E-state index contributed by atoms with van der Waals surface area (Å²) in [7, 11) is -0.746. The number of hydrogen-bond acceptors (Lipinski definition) is 5.